The van der Waals surface area contributed by atoms with E-state index in [2.05, 4.69) is 9.24 Å². The van der Waals surface area contributed by atoms with Crippen molar-refractivity contribution in [1.29, 1.82) is 0 Å². The van der Waals surface area contributed by atoms with Gasteiger partial charge in [0.25, 0.3) is 0 Å². The average Bonchev–Trinajstić information content (AvgIpc) is 2.03. The van der Waals surface area contributed by atoms with E-state index < -0.39 is 0 Å². The van der Waals surface area contributed by atoms with Crippen molar-refractivity contribution in [1.82, 2.24) is 0 Å². The summed E-state index contributed by atoms with van der Waals surface area (Å²) in [7, 11) is 4.13. The molecule has 66 valence electrons. The lowest BCUT2D eigenvalue weighted by molar-refractivity contribution is 0.450. The molecule has 0 nitrogen and oxygen atoms in total. The first-order valence-corrected chi connectivity index (χ1v) is 5.22. The van der Waals surface area contributed by atoms with Crippen LogP contribution in [0.2, 0.25) is 0 Å². The van der Waals surface area contributed by atoms with E-state index >= 15 is 0 Å². The second-order valence-electron chi connectivity index (χ2n) is 2.89. The van der Waals surface area contributed by atoms with Gasteiger partial charge in [-0.25, -0.2) is 0 Å². The van der Waals surface area contributed by atoms with Crippen molar-refractivity contribution in [2.75, 3.05) is 12.8 Å². The van der Waals surface area contributed by atoms with Crippen LogP contribution in [0, 0.1) is 0 Å². The largest absolute Gasteiger partial charge is 0.251 e. The number of hydrogen-bond donors (Lipinski definition) is 0. The number of unbranched alkanes of at least 4 members (excludes halogenated alkanes) is 6. The zero-order chi connectivity index (χ0) is 8.36. The summed E-state index contributed by atoms with van der Waals surface area (Å²) in [6, 6.07) is 0. The molecule has 11 heavy (non-hydrogen) atoms. The number of alkyl halides is 1. The second-order valence-corrected chi connectivity index (χ2v) is 3.33. The summed E-state index contributed by atoms with van der Waals surface area (Å²) in [4.78, 5) is 0. The molecule has 0 saturated heterocycles. The Bertz CT molecular complexity index is 58.6. The Hall–Kier alpha value is 0.360. The Balaban J connectivity index is 2.69. The molecule has 0 aromatic rings. The molecule has 0 atom stereocenters. The highest BCUT2D eigenvalue weighted by atomic mass is 31.0. The molecule has 0 aromatic carbocycles. The van der Waals surface area contributed by atoms with Crippen molar-refractivity contribution in [2.24, 2.45) is 0 Å². The average molecular weight is 176 g/mol. The molecular formula is C9H18FP. The van der Waals surface area contributed by atoms with Gasteiger partial charge >= 0.3 is 0 Å². The van der Waals surface area contributed by atoms with E-state index in [9.17, 15) is 4.39 Å². The van der Waals surface area contributed by atoms with E-state index in [0.29, 0.717) is 0 Å². The third kappa shape index (κ3) is 10.4. The molecule has 0 heterocycles. The zero-order valence-electron chi connectivity index (χ0n) is 7.19. The van der Waals surface area contributed by atoms with Crippen molar-refractivity contribution >= 4 is 9.24 Å². The molecule has 0 aliphatic carbocycles. The van der Waals surface area contributed by atoms with Crippen LogP contribution in [0.15, 0.2) is 0 Å². The predicted molar refractivity (Wildman–Crippen MR) is 50.1 cm³/mol. The molecule has 0 rings (SSSR count). The standard InChI is InChI=1S/C9H18FP/c10-8-6-4-2-1-3-5-7-9-11/h1-9H2. The van der Waals surface area contributed by atoms with Crippen molar-refractivity contribution in [2.45, 2.75) is 44.9 Å². The molecule has 0 saturated carbocycles. The van der Waals surface area contributed by atoms with E-state index in [1.807, 2.05) is 0 Å². The molecule has 0 unspecified atom stereocenters. The molecular weight excluding hydrogens is 158 g/mol. The van der Waals surface area contributed by atoms with Gasteiger partial charge in [-0.05, 0) is 28.2 Å². The van der Waals surface area contributed by atoms with Gasteiger partial charge in [-0.2, -0.15) is 0 Å². The maximum absolute atomic E-state index is 11.6. The van der Waals surface area contributed by atoms with Crippen LogP contribution in [-0.2, 0) is 0 Å². The van der Waals surface area contributed by atoms with Crippen molar-refractivity contribution in [3.63, 3.8) is 0 Å². The van der Waals surface area contributed by atoms with Gasteiger partial charge in [0.15, 0.2) is 0 Å². The van der Waals surface area contributed by atoms with Gasteiger partial charge < -0.3 is 0 Å². The Morgan fingerprint density at radius 3 is 1.64 bits per heavy atom. The molecule has 0 N–H and O–H groups in total. The minimum atomic E-state index is -0.142. The highest BCUT2D eigenvalue weighted by molar-refractivity contribution is 7.16. The Kier molecular flexibility index (Phi) is 10.7. The van der Waals surface area contributed by atoms with Crippen molar-refractivity contribution < 1.29 is 4.39 Å². The lowest BCUT2D eigenvalue weighted by atomic mass is 10.1. The van der Waals surface area contributed by atoms with Gasteiger partial charge in [0.1, 0.15) is 0 Å². The lowest BCUT2D eigenvalue weighted by Crippen LogP contribution is -1.81. The molecule has 0 aromatic heterocycles. The van der Waals surface area contributed by atoms with Gasteiger partial charge in [0, 0.05) is 0 Å². The highest BCUT2D eigenvalue weighted by Gasteiger charge is 1.89. The normalized spacial score (nSPS) is 10.4. The van der Waals surface area contributed by atoms with Crippen LogP contribution in [0.25, 0.3) is 0 Å². The summed E-state index contributed by atoms with van der Waals surface area (Å²) in [5.41, 5.74) is 0. The molecule has 0 spiro atoms. The van der Waals surface area contributed by atoms with Gasteiger partial charge in [0.05, 0.1) is 6.67 Å². The van der Waals surface area contributed by atoms with Gasteiger partial charge in [-0.1, -0.05) is 32.1 Å². The Labute approximate surface area is 72.2 Å². The van der Waals surface area contributed by atoms with Crippen LogP contribution in [0.5, 0.6) is 0 Å². The molecule has 0 aliphatic heterocycles. The number of hydrogen-bond acceptors (Lipinski definition) is 0. The van der Waals surface area contributed by atoms with Gasteiger partial charge in [-0.15, -0.1) is 0 Å². The van der Waals surface area contributed by atoms with Gasteiger partial charge in [0.2, 0.25) is 0 Å². The Morgan fingerprint density at radius 1 is 0.727 bits per heavy atom. The molecule has 0 bridgehead atoms. The van der Waals surface area contributed by atoms with Crippen molar-refractivity contribution in [3.05, 3.63) is 0 Å². The first-order valence-electron chi connectivity index (χ1n) is 4.58. The maximum Gasteiger partial charge on any atom is 0.0894 e. The first kappa shape index (κ1) is 11.4. The molecule has 0 fully saturated rings. The smallest absolute Gasteiger partial charge is 0.0894 e. The fourth-order valence-corrected chi connectivity index (χ4v) is 1.31. The monoisotopic (exact) mass is 176 g/mol. The zero-order valence-corrected chi connectivity index (χ0v) is 8.08. The minimum absolute atomic E-state index is 0.142. The predicted octanol–water partition coefficient (Wildman–Crippen LogP) is 4.10. The number of halogens is 1. The third-order valence-electron chi connectivity index (χ3n) is 1.79. The van der Waals surface area contributed by atoms with Crippen molar-refractivity contribution in [3.8, 4) is 0 Å². The summed E-state index contributed by atoms with van der Waals surface area (Å²) in [5, 5.41) is 0. The van der Waals surface area contributed by atoms with Crippen LogP contribution >= 0.6 is 9.24 Å². The van der Waals surface area contributed by atoms with Crippen LogP contribution in [-0.4, -0.2) is 12.8 Å². The van der Waals surface area contributed by atoms with Crippen LogP contribution in [0.1, 0.15) is 44.9 Å². The Morgan fingerprint density at radius 2 is 1.18 bits per heavy atom. The minimum Gasteiger partial charge on any atom is -0.251 e. The third-order valence-corrected chi connectivity index (χ3v) is 2.11. The summed E-state index contributed by atoms with van der Waals surface area (Å²) in [6.45, 7) is -0.142. The summed E-state index contributed by atoms with van der Waals surface area (Å²) < 4.78 is 11.6. The fourth-order valence-electron chi connectivity index (χ4n) is 1.09. The van der Waals surface area contributed by atoms with E-state index in [1.54, 1.807) is 0 Å². The molecule has 2 radical (unpaired) electrons. The van der Waals surface area contributed by atoms with E-state index in [1.165, 1.54) is 32.1 Å². The van der Waals surface area contributed by atoms with E-state index in [4.69, 9.17) is 0 Å². The first-order chi connectivity index (χ1) is 5.41. The van der Waals surface area contributed by atoms with E-state index in [-0.39, 0.29) is 6.67 Å². The highest BCUT2D eigenvalue weighted by Crippen LogP contribution is 2.07. The summed E-state index contributed by atoms with van der Waals surface area (Å²) in [6.07, 6.45) is 9.12. The van der Waals surface area contributed by atoms with Crippen LogP contribution < -0.4 is 0 Å². The molecule has 0 aliphatic rings. The van der Waals surface area contributed by atoms with Crippen LogP contribution in [0.4, 0.5) is 4.39 Å². The SMILES string of the molecule is FCCCCCCCCC[P]. The fraction of sp³-hybridized carbons (Fsp3) is 1.00. The maximum atomic E-state index is 11.6. The second kappa shape index (κ2) is 10.4. The lowest BCUT2D eigenvalue weighted by Gasteiger charge is -1.98. The topological polar surface area (TPSA) is 0 Å². The summed E-state index contributed by atoms with van der Waals surface area (Å²) >= 11 is 0. The van der Waals surface area contributed by atoms with Crippen LogP contribution in [0.3, 0.4) is 0 Å². The molecule has 0 amide bonds. The van der Waals surface area contributed by atoms with E-state index in [0.717, 1.165) is 19.0 Å². The number of rotatable bonds is 8. The summed E-state index contributed by atoms with van der Waals surface area (Å²) in [5.74, 6) is 0. The molecule has 2 heteroatoms. The quantitative estimate of drug-likeness (QED) is 0.386. The van der Waals surface area contributed by atoms with Gasteiger partial charge in [-0.3, -0.25) is 4.39 Å².